The molecule has 1 aromatic heterocycles. The minimum atomic E-state index is -0.453. The molecule has 1 aromatic carbocycles. The summed E-state index contributed by atoms with van der Waals surface area (Å²) < 4.78 is 1.57. The van der Waals surface area contributed by atoms with Crippen LogP contribution in [0.3, 0.4) is 0 Å². The first kappa shape index (κ1) is 16.1. The van der Waals surface area contributed by atoms with E-state index in [-0.39, 0.29) is 18.3 Å². The van der Waals surface area contributed by atoms with Gasteiger partial charge in [-0.3, -0.25) is 19.7 Å². The summed E-state index contributed by atoms with van der Waals surface area (Å²) in [7, 11) is 1.98. The first-order valence-corrected chi connectivity index (χ1v) is 7.14. The van der Waals surface area contributed by atoms with E-state index in [1.54, 1.807) is 4.68 Å². The Morgan fingerprint density at radius 3 is 2.73 bits per heavy atom. The molecule has 0 radical (unpaired) electrons. The fraction of sp³-hybridized carbons (Fsp3) is 0.400. The van der Waals surface area contributed by atoms with Crippen molar-refractivity contribution in [2.75, 3.05) is 20.2 Å². The Bertz CT molecular complexity index is 600. The van der Waals surface area contributed by atoms with Crippen molar-refractivity contribution in [2.24, 2.45) is 0 Å². The summed E-state index contributed by atoms with van der Waals surface area (Å²) in [6.45, 7) is 1.34. The Morgan fingerprint density at radius 2 is 2.14 bits per heavy atom. The fourth-order valence-electron chi connectivity index (χ4n) is 2.42. The Hall–Kier alpha value is -2.25. The third-order valence-corrected chi connectivity index (χ3v) is 3.63. The number of rotatable bonds is 8. The van der Waals surface area contributed by atoms with E-state index in [0.717, 1.165) is 5.56 Å². The number of hydrogen-bond donors (Lipinski definition) is 1. The molecule has 0 saturated heterocycles. The van der Waals surface area contributed by atoms with Crippen LogP contribution < -0.4 is 0 Å². The van der Waals surface area contributed by atoms with Gasteiger partial charge in [-0.2, -0.15) is 5.10 Å². The molecular formula is C15H20N4O3. The lowest BCUT2D eigenvalue weighted by Crippen LogP contribution is -2.29. The van der Waals surface area contributed by atoms with Crippen LogP contribution in [0.4, 0.5) is 5.69 Å². The van der Waals surface area contributed by atoms with Gasteiger partial charge in [0.1, 0.15) is 12.4 Å². The molecule has 0 aliphatic carbocycles. The van der Waals surface area contributed by atoms with Crippen molar-refractivity contribution in [3.8, 4) is 0 Å². The number of nitro groups is 1. The zero-order valence-electron chi connectivity index (χ0n) is 12.5. The lowest BCUT2D eigenvalue weighted by atomic mass is 10.0. The molecule has 7 nitrogen and oxygen atoms in total. The van der Waals surface area contributed by atoms with Gasteiger partial charge in [0.2, 0.25) is 0 Å². The molecule has 0 aliphatic rings. The largest absolute Gasteiger partial charge is 0.396 e. The van der Waals surface area contributed by atoms with Crippen LogP contribution >= 0.6 is 0 Å². The van der Waals surface area contributed by atoms with Crippen LogP contribution in [0, 0.1) is 10.1 Å². The maximum absolute atomic E-state index is 10.6. The zero-order valence-corrected chi connectivity index (χ0v) is 12.5. The highest BCUT2D eigenvalue weighted by Gasteiger charge is 2.17. The number of hydrogen-bond acceptors (Lipinski definition) is 5. The molecule has 0 fully saturated rings. The minimum Gasteiger partial charge on any atom is -0.396 e. The smallest absolute Gasteiger partial charge is 0.306 e. The van der Waals surface area contributed by atoms with Crippen molar-refractivity contribution in [3.63, 3.8) is 0 Å². The van der Waals surface area contributed by atoms with Crippen molar-refractivity contribution in [2.45, 2.75) is 19.0 Å². The van der Waals surface area contributed by atoms with E-state index >= 15 is 0 Å². The first-order chi connectivity index (χ1) is 10.6. The molecule has 0 spiro atoms. The first-order valence-electron chi connectivity index (χ1n) is 7.14. The van der Waals surface area contributed by atoms with Crippen LogP contribution in [-0.2, 0) is 6.54 Å². The summed E-state index contributed by atoms with van der Waals surface area (Å²) in [5.74, 6) is 0. The molecule has 1 N–H and O–H groups in total. The second-order valence-corrected chi connectivity index (χ2v) is 5.14. The molecular weight excluding hydrogens is 284 g/mol. The molecule has 0 saturated carbocycles. The van der Waals surface area contributed by atoms with Crippen LogP contribution in [0.2, 0.25) is 0 Å². The van der Waals surface area contributed by atoms with E-state index < -0.39 is 4.92 Å². The monoisotopic (exact) mass is 304 g/mol. The van der Waals surface area contributed by atoms with Gasteiger partial charge < -0.3 is 5.11 Å². The van der Waals surface area contributed by atoms with Crippen molar-refractivity contribution in [1.29, 1.82) is 0 Å². The van der Waals surface area contributed by atoms with E-state index in [1.165, 1.54) is 12.4 Å². The van der Waals surface area contributed by atoms with Gasteiger partial charge in [-0.05, 0) is 19.0 Å². The average Bonchev–Trinajstić information content (AvgIpc) is 3.00. The van der Waals surface area contributed by atoms with Gasteiger partial charge in [0, 0.05) is 19.2 Å². The highest BCUT2D eigenvalue weighted by atomic mass is 16.6. The van der Waals surface area contributed by atoms with Gasteiger partial charge in [-0.25, -0.2) is 0 Å². The summed E-state index contributed by atoms with van der Waals surface area (Å²) in [6.07, 6.45) is 3.32. The summed E-state index contributed by atoms with van der Waals surface area (Å²) >= 11 is 0. The van der Waals surface area contributed by atoms with Crippen molar-refractivity contribution < 1.29 is 10.0 Å². The zero-order chi connectivity index (χ0) is 15.9. The van der Waals surface area contributed by atoms with E-state index in [1.807, 2.05) is 37.4 Å². The quantitative estimate of drug-likeness (QED) is 0.594. The molecule has 2 rings (SSSR count). The number of aromatic nitrogens is 2. The predicted octanol–water partition coefficient (Wildman–Crippen LogP) is 1.85. The van der Waals surface area contributed by atoms with Crippen LogP contribution in [0.5, 0.6) is 0 Å². The van der Waals surface area contributed by atoms with Gasteiger partial charge in [-0.15, -0.1) is 0 Å². The van der Waals surface area contributed by atoms with Gasteiger partial charge in [0.25, 0.3) is 0 Å². The van der Waals surface area contributed by atoms with Crippen LogP contribution in [0.25, 0.3) is 0 Å². The third-order valence-electron chi connectivity index (χ3n) is 3.63. The molecule has 0 amide bonds. The van der Waals surface area contributed by atoms with Crippen LogP contribution in [0.15, 0.2) is 42.7 Å². The maximum Gasteiger partial charge on any atom is 0.306 e. The summed E-state index contributed by atoms with van der Waals surface area (Å²) in [6, 6.07) is 10.1. The molecule has 118 valence electrons. The Balaban J connectivity index is 1.98. The molecule has 2 aromatic rings. The molecule has 1 unspecified atom stereocenters. The Morgan fingerprint density at radius 1 is 1.41 bits per heavy atom. The molecule has 1 atom stereocenters. The third kappa shape index (κ3) is 4.12. The number of nitrogens with zero attached hydrogens (tertiary/aromatic N) is 4. The van der Waals surface area contributed by atoms with Gasteiger partial charge >= 0.3 is 5.69 Å². The maximum atomic E-state index is 10.6. The summed E-state index contributed by atoms with van der Waals surface area (Å²) in [4.78, 5) is 12.3. The SMILES string of the molecule is CN(CCn1cc([N+](=O)[O-])cn1)C(CCO)c1ccccc1. The molecule has 0 aliphatic heterocycles. The van der Waals surface area contributed by atoms with E-state index in [4.69, 9.17) is 0 Å². The highest BCUT2D eigenvalue weighted by Crippen LogP contribution is 2.22. The van der Waals surface area contributed by atoms with Crippen molar-refractivity contribution in [1.82, 2.24) is 14.7 Å². The van der Waals surface area contributed by atoms with E-state index in [0.29, 0.717) is 19.5 Å². The highest BCUT2D eigenvalue weighted by molar-refractivity contribution is 5.21. The fourth-order valence-corrected chi connectivity index (χ4v) is 2.42. The van der Waals surface area contributed by atoms with E-state index in [2.05, 4.69) is 10.00 Å². The Kier molecular flexibility index (Phi) is 5.62. The number of aliphatic hydroxyl groups is 1. The van der Waals surface area contributed by atoms with Gasteiger partial charge in [0.05, 0.1) is 11.5 Å². The number of benzene rings is 1. The van der Waals surface area contributed by atoms with Crippen molar-refractivity contribution in [3.05, 3.63) is 58.4 Å². The minimum absolute atomic E-state index is 0.00220. The lowest BCUT2D eigenvalue weighted by molar-refractivity contribution is -0.385. The number of aliphatic hydroxyl groups excluding tert-OH is 1. The van der Waals surface area contributed by atoms with E-state index in [9.17, 15) is 15.2 Å². The lowest BCUT2D eigenvalue weighted by Gasteiger charge is -2.28. The average molecular weight is 304 g/mol. The van der Waals surface area contributed by atoms with Gasteiger partial charge in [0.15, 0.2) is 0 Å². The standard InChI is InChI=1S/C15H20N4O3/c1-17(8-9-18-12-14(11-16-18)19(21)22)15(7-10-20)13-5-3-2-4-6-13/h2-6,11-12,15,20H,7-10H2,1H3. The molecule has 0 bridgehead atoms. The van der Waals surface area contributed by atoms with Crippen LogP contribution in [0.1, 0.15) is 18.0 Å². The number of likely N-dealkylation sites (N-methyl/N-ethyl adjacent to an activating group) is 1. The normalized spacial score (nSPS) is 12.5. The molecule has 22 heavy (non-hydrogen) atoms. The Labute approximate surface area is 128 Å². The second kappa shape index (κ2) is 7.67. The summed E-state index contributed by atoms with van der Waals surface area (Å²) in [5.41, 5.74) is 1.14. The molecule has 1 heterocycles. The van der Waals surface area contributed by atoms with Crippen LogP contribution in [-0.4, -0.2) is 44.9 Å². The van der Waals surface area contributed by atoms with Gasteiger partial charge in [-0.1, -0.05) is 30.3 Å². The molecule has 7 heteroatoms. The predicted molar refractivity (Wildman–Crippen MR) is 82.4 cm³/mol. The summed E-state index contributed by atoms with van der Waals surface area (Å²) in [5, 5.41) is 23.9. The second-order valence-electron chi connectivity index (χ2n) is 5.14. The topological polar surface area (TPSA) is 84.4 Å². The van der Waals surface area contributed by atoms with Crippen molar-refractivity contribution >= 4 is 5.69 Å².